The highest BCUT2D eigenvalue weighted by molar-refractivity contribution is 5.80. The smallest absolute Gasteiger partial charge is 0.379 e. The SMILES string of the molecule is CCNC(=NCC(C)N1CCOCC1C)N1CCC(CN(CC)CC(F)(F)F)C1. The quantitative estimate of drug-likeness (QED) is 0.481. The standard InChI is InChI=1S/C20H38F3N5O/c1-5-24-19(25-11-16(3)28-9-10-29-14-17(28)4)27-8-7-18(13-27)12-26(6-2)15-20(21,22)23/h16-18H,5-15H2,1-4H3,(H,24,25). The van der Waals surface area contributed by atoms with E-state index in [1.165, 1.54) is 4.90 Å². The molecule has 0 bridgehead atoms. The fraction of sp³-hybridized carbons (Fsp3) is 0.950. The molecule has 2 fully saturated rings. The van der Waals surface area contributed by atoms with Gasteiger partial charge in [0.1, 0.15) is 0 Å². The molecular formula is C20H38F3N5O. The average molecular weight is 422 g/mol. The Kier molecular flexibility index (Phi) is 9.49. The summed E-state index contributed by atoms with van der Waals surface area (Å²) < 4.78 is 43.7. The molecule has 0 amide bonds. The maximum atomic E-state index is 12.7. The Bertz CT molecular complexity index is 517. The fourth-order valence-electron chi connectivity index (χ4n) is 4.24. The van der Waals surface area contributed by atoms with Crippen LogP contribution >= 0.6 is 0 Å². The Morgan fingerprint density at radius 1 is 1.31 bits per heavy atom. The molecule has 9 heteroatoms. The normalized spacial score (nSPS) is 25.7. The van der Waals surface area contributed by atoms with Crippen molar-refractivity contribution in [3.8, 4) is 0 Å². The van der Waals surface area contributed by atoms with Crippen LogP contribution in [0.5, 0.6) is 0 Å². The summed E-state index contributed by atoms with van der Waals surface area (Å²) in [5.41, 5.74) is 0. The van der Waals surface area contributed by atoms with Gasteiger partial charge in [0.25, 0.3) is 0 Å². The second-order valence-electron chi connectivity index (χ2n) is 8.25. The number of rotatable bonds is 8. The largest absolute Gasteiger partial charge is 0.401 e. The summed E-state index contributed by atoms with van der Waals surface area (Å²) in [6.07, 6.45) is -3.24. The average Bonchev–Trinajstić information content (AvgIpc) is 3.12. The Labute approximate surface area is 173 Å². The monoisotopic (exact) mass is 421 g/mol. The molecule has 0 aliphatic carbocycles. The van der Waals surface area contributed by atoms with E-state index in [4.69, 9.17) is 9.73 Å². The first-order chi connectivity index (χ1) is 13.7. The number of aliphatic imine (C=N–C) groups is 1. The predicted octanol–water partition coefficient (Wildman–Crippen LogP) is 2.27. The number of hydrogen-bond donors (Lipinski definition) is 1. The van der Waals surface area contributed by atoms with E-state index in [-0.39, 0.29) is 5.92 Å². The van der Waals surface area contributed by atoms with Gasteiger partial charge in [0.2, 0.25) is 0 Å². The van der Waals surface area contributed by atoms with Crippen LogP contribution in [0.15, 0.2) is 4.99 Å². The van der Waals surface area contributed by atoms with Gasteiger partial charge in [0.05, 0.1) is 26.3 Å². The van der Waals surface area contributed by atoms with Crippen LogP contribution in [0.4, 0.5) is 13.2 Å². The van der Waals surface area contributed by atoms with E-state index in [1.54, 1.807) is 6.92 Å². The molecule has 3 unspecified atom stereocenters. The minimum atomic E-state index is -4.14. The van der Waals surface area contributed by atoms with Crippen LogP contribution in [0, 0.1) is 5.92 Å². The van der Waals surface area contributed by atoms with E-state index in [9.17, 15) is 13.2 Å². The molecule has 29 heavy (non-hydrogen) atoms. The summed E-state index contributed by atoms with van der Waals surface area (Å²) in [4.78, 5) is 11.0. The number of ether oxygens (including phenoxy) is 1. The van der Waals surface area contributed by atoms with Crippen molar-refractivity contribution in [2.45, 2.75) is 52.4 Å². The lowest BCUT2D eigenvalue weighted by Gasteiger charge is -2.37. The maximum Gasteiger partial charge on any atom is 0.401 e. The van der Waals surface area contributed by atoms with Gasteiger partial charge in [-0.25, -0.2) is 0 Å². The number of alkyl halides is 3. The first kappa shape index (κ1) is 24.2. The van der Waals surface area contributed by atoms with Gasteiger partial charge in [-0.15, -0.1) is 0 Å². The van der Waals surface area contributed by atoms with Gasteiger partial charge >= 0.3 is 6.18 Å². The van der Waals surface area contributed by atoms with Crippen LogP contribution in [-0.2, 0) is 4.74 Å². The van der Waals surface area contributed by atoms with Crippen molar-refractivity contribution in [2.75, 3.05) is 65.6 Å². The van der Waals surface area contributed by atoms with E-state index in [0.717, 1.165) is 51.8 Å². The molecule has 0 aromatic carbocycles. The minimum absolute atomic E-state index is 0.234. The first-order valence-corrected chi connectivity index (χ1v) is 10.9. The molecular weight excluding hydrogens is 383 g/mol. The molecule has 0 aromatic rings. The van der Waals surface area contributed by atoms with Crippen molar-refractivity contribution in [1.29, 1.82) is 0 Å². The second kappa shape index (κ2) is 11.4. The van der Waals surface area contributed by atoms with Gasteiger partial charge in [-0.05, 0) is 39.7 Å². The third kappa shape index (κ3) is 7.94. The molecule has 0 spiro atoms. The summed E-state index contributed by atoms with van der Waals surface area (Å²) in [6, 6.07) is 0.713. The molecule has 2 heterocycles. The van der Waals surface area contributed by atoms with Gasteiger partial charge in [-0.2, -0.15) is 13.2 Å². The van der Waals surface area contributed by atoms with E-state index in [1.807, 2.05) is 6.92 Å². The fourth-order valence-corrected chi connectivity index (χ4v) is 4.24. The Morgan fingerprint density at radius 3 is 2.69 bits per heavy atom. The maximum absolute atomic E-state index is 12.7. The van der Waals surface area contributed by atoms with Gasteiger partial charge in [-0.3, -0.25) is 14.8 Å². The predicted molar refractivity (Wildman–Crippen MR) is 110 cm³/mol. The lowest BCUT2D eigenvalue weighted by atomic mass is 10.1. The third-order valence-corrected chi connectivity index (χ3v) is 5.78. The topological polar surface area (TPSA) is 43.3 Å². The van der Waals surface area contributed by atoms with Crippen molar-refractivity contribution in [1.82, 2.24) is 20.0 Å². The Hall–Kier alpha value is -1.06. The van der Waals surface area contributed by atoms with Crippen LogP contribution < -0.4 is 5.32 Å². The summed E-state index contributed by atoms with van der Waals surface area (Å²) >= 11 is 0. The van der Waals surface area contributed by atoms with Gasteiger partial charge in [0, 0.05) is 44.8 Å². The summed E-state index contributed by atoms with van der Waals surface area (Å²) in [5, 5.41) is 3.36. The van der Waals surface area contributed by atoms with Gasteiger partial charge in [0.15, 0.2) is 5.96 Å². The molecule has 3 atom stereocenters. The highest BCUT2D eigenvalue weighted by Crippen LogP contribution is 2.21. The van der Waals surface area contributed by atoms with Crippen molar-refractivity contribution < 1.29 is 17.9 Å². The number of halogens is 3. The summed E-state index contributed by atoms with van der Waals surface area (Å²) in [5.74, 6) is 1.11. The highest BCUT2D eigenvalue weighted by Gasteiger charge is 2.33. The van der Waals surface area contributed by atoms with Crippen LogP contribution in [0.3, 0.4) is 0 Å². The number of hydrogen-bond acceptors (Lipinski definition) is 4. The Balaban J connectivity index is 1.90. The lowest BCUT2D eigenvalue weighted by Crippen LogP contribution is -2.49. The molecule has 0 radical (unpaired) electrons. The molecule has 2 rings (SSSR count). The first-order valence-electron chi connectivity index (χ1n) is 10.9. The summed E-state index contributed by atoms with van der Waals surface area (Å²) in [6.45, 7) is 13.8. The van der Waals surface area contributed by atoms with E-state index >= 15 is 0 Å². The van der Waals surface area contributed by atoms with E-state index < -0.39 is 12.7 Å². The van der Waals surface area contributed by atoms with Crippen LogP contribution in [0.1, 0.15) is 34.1 Å². The molecule has 2 saturated heterocycles. The van der Waals surface area contributed by atoms with E-state index in [0.29, 0.717) is 31.7 Å². The molecule has 1 N–H and O–H groups in total. The molecule has 6 nitrogen and oxygen atoms in total. The molecule has 170 valence electrons. The van der Waals surface area contributed by atoms with Crippen LogP contribution in [0.2, 0.25) is 0 Å². The summed E-state index contributed by atoms with van der Waals surface area (Å²) in [7, 11) is 0. The zero-order valence-electron chi connectivity index (χ0n) is 18.3. The van der Waals surface area contributed by atoms with Crippen molar-refractivity contribution in [3.05, 3.63) is 0 Å². The number of morpholine rings is 1. The minimum Gasteiger partial charge on any atom is -0.379 e. The third-order valence-electron chi connectivity index (χ3n) is 5.78. The van der Waals surface area contributed by atoms with Crippen molar-refractivity contribution in [3.63, 3.8) is 0 Å². The lowest BCUT2D eigenvalue weighted by molar-refractivity contribution is -0.146. The highest BCUT2D eigenvalue weighted by atomic mass is 19.4. The number of nitrogens with zero attached hydrogens (tertiary/aromatic N) is 4. The zero-order chi connectivity index (χ0) is 21.4. The van der Waals surface area contributed by atoms with Gasteiger partial charge < -0.3 is 15.0 Å². The molecule has 2 aliphatic heterocycles. The second-order valence-corrected chi connectivity index (χ2v) is 8.25. The van der Waals surface area contributed by atoms with Crippen molar-refractivity contribution in [2.24, 2.45) is 10.9 Å². The zero-order valence-corrected chi connectivity index (χ0v) is 18.3. The molecule has 0 aromatic heterocycles. The number of likely N-dealkylation sites (tertiary alicyclic amines) is 1. The van der Waals surface area contributed by atoms with Crippen LogP contribution in [0.25, 0.3) is 0 Å². The van der Waals surface area contributed by atoms with E-state index in [2.05, 4.69) is 29.0 Å². The Morgan fingerprint density at radius 2 is 2.07 bits per heavy atom. The van der Waals surface area contributed by atoms with Crippen LogP contribution in [-0.4, -0.2) is 104 Å². The molecule has 2 aliphatic rings. The molecule has 0 saturated carbocycles. The number of guanidine groups is 1. The van der Waals surface area contributed by atoms with Crippen molar-refractivity contribution >= 4 is 5.96 Å². The van der Waals surface area contributed by atoms with Gasteiger partial charge in [-0.1, -0.05) is 6.92 Å². The number of nitrogens with one attached hydrogen (secondary N) is 1.